The highest BCUT2D eigenvalue weighted by atomic mass is 19.1. The number of hydrogen-bond acceptors (Lipinski definition) is 2. The lowest BCUT2D eigenvalue weighted by Gasteiger charge is -2.29. The van der Waals surface area contributed by atoms with Gasteiger partial charge in [0.1, 0.15) is 11.6 Å². The van der Waals surface area contributed by atoms with Gasteiger partial charge in [-0.1, -0.05) is 19.8 Å². The lowest BCUT2D eigenvalue weighted by Crippen LogP contribution is -2.36. The fourth-order valence-corrected chi connectivity index (χ4v) is 3.22. The summed E-state index contributed by atoms with van der Waals surface area (Å²) in [5.41, 5.74) is 0.0298. The van der Waals surface area contributed by atoms with Gasteiger partial charge < -0.3 is 10.4 Å². The van der Waals surface area contributed by atoms with Gasteiger partial charge in [-0.25, -0.2) is 8.78 Å². The Labute approximate surface area is 125 Å². The van der Waals surface area contributed by atoms with Crippen molar-refractivity contribution >= 4 is 0 Å². The first kappa shape index (κ1) is 16.4. The number of aliphatic hydroxyl groups is 1. The Morgan fingerprint density at radius 1 is 1.24 bits per heavy atom. The van der Waals surface area contributed by atoms with Crippen molar-refractivity contribution in [2.75, 3.05) is 6.54 Å². The first-order valence-corrected chi connectivity index (χ1v) is 7.96. The van der Waals surface area contributed by atoms with E-state index in [1.165, 1.54) is 25.7 Å². The molecule has 21 heavy (non-hydrogen) atoms. The molecule has 2 rings (SSSR count). The summed E-state index contributed by atoms with van der Waals surface area (Å²) in [4.78, 5) is 0. The predicted octanol–water partition coefficient (Wildman–Crippen LogP) is 3.95. The van der Waals surface area contributed by atoms with Crippen LogP contribution in [0.2, 0.25) is 0 Å². The third-order valence-electron chi connectivity index (χ3n) is 4.46. The minimum absolute atomic E-state index is 0.0298. The maximum Gasteiger partial charge on any atom is 0.129 e. The highest BCUT2D eigenvalue weighted by molar-refractivity contribution is 5.21. The number of rotatable bonds is 6. The van der Waals surface area contributed by atoms with Crippen LogP contribution >= 0.6 is 0 Å². The van der Waals surface area contributed by atoms with Crippen molar-refractivity contribution in [3.63, 3.8) is 0 Å². The third-order valence-corrected chi connectivity index (χ3v) is 4.46. The molecule has 0 saturated heterocycles. The zero-order chi connectivity index (χ0) is 15.2. The number of nitrogens with one attached hydrogen (secondary N) is 1. The molecule has 1 fully saturated rings. The van der Waals surface area contributed by atoms with Gasteiger partial charge in [0.15, 0.2) is 0 Å². The highest BCUT2D eigenvalue weighted by Crippen LogP contribution is 2.28. The lowest BCUT2D eigenvalue weighted by molar-refractivity contribution is 0.157. The van der Waals surface area contributed by atoms with E-state index in [1.807, 2.05) is 0 Å². The molecule has 0 amide bonds. The van der Waals surface area contributed by atoms with Gasteiger partial charge in [-0.3, -0.25) is 0 Å². The number of hydrogen-bond donors (Lipinski definition) is 2. The van der Waals surface area contributed by atoms with Crippen molar-refractivity contribution in [2.24, 2.45) is 5.92 Å². The molecule has 2 nitrogen and oxygen atoms in total. The van der Waals surface area contributed by atoms with Crippen LogP contribution in [0.5, 0.6) is 0 Å². The molecule has 0 aliphatic heterocycles. The van der Waals surface area contributed by atoms with Gasteiger partial charge in [0.05, 0.1) is 6.10 Å². The molecule has 0 heterocycles. The summed E-state index contributed by atoms with van der Waals surface area (Å²) in [6.07, 6.45) is 6.16. The molecule has 118 valence electrons. The Kier molecular flexibility index (Phi) is 6.12. The summed E-state index contributed by atoms with van der Waals surface area (Å²) in [7, 11) is 0. The van der Waals surface area contributed by atoms with E-state index in [0.717, 1.165) is 37.0 Å². The second kappa shape index (κ2) is 7.85. The molecular weight excluding hydrogens is 272 g/mol. The SMILES string of the molecule is CCCC1CCC(NCC(O)c2cc(F)ccc2F)CC1. The molecule has 0 radical (unpaired) electrons. The molecule has 4 heteroatoms. The van der Waals surface area contributed by atoms with Crippen molar-refractivity contribution in [1.29, 1.82) is 0 Å². The maximum atomic E-state index is 13.6. The van der Waals surface area contributed by atoms with Gasteiger partial charge >= 0.3 is 0 Å². The molecular formula is C17H25F2NO. The molecule has 0 spiro atoms. The van der Waals surface area contributed by atoms with Gasteiger partial charge in [0.2, 0.25) is 0 Å². The molecule has 1 aromatic carbocycles. The van der Waals surface area contributed by atoms with Gasteiger partial charge in [-0.15, -0.1) is 0 Å². The highest BCUT2D eigenvalue weighted by Gasteiger charge is 2.21. The van der Waals surface area contributed by atoms with E-state index >= 15 is 0 Å². The van der Waals surface area contributed by atoms with E-state index in [2.05, 4.69) is 12.2 Å². The summed E-state index contributed by atoms with van der Waals surface area (Å²) in [5.74, 6) is -0.249. The second-order valence-corrected chi connectivity index (χ2v) is 6.10. The average molecular weight is 297 g/mol. The number of halogens is 2. The summed E-state index contributed by atoms with van der Waals surface area (Å²) >= 11 is 0. The maximum absolute atomic E-state index is 13.6. The molecule has 1 aromatic rings. The molecule has 1 atom stereocenters. The lowest BCUT2D eigenvalue weighted by atomic mass is 9.83. The fourth-order valence-electron chi connectivity index (χ4n) is 3.22. The second-order valence-electron chi connectivity index (χ2n) is 6.10. The molecule has 1 saturated carbocycles. The van der Waals surface area contributed by atoms with Crippen LogP contribution in [0.25, 0.3) is 0 Å². The molecule has 1 aliphatic rings. The Hall–Kier alpha value is -1.00. The number of aliphatic hydroxyl groups excluding tert-OH is 1. The van der Waals surface area contributed by atoms with Gasteiger partial charge in [-0.05, 0) is 49.8 Å². The Morgan fingerprint density at radius 3 is 2.62 bits per heavy atom. The molecule has 2 N–H and O–H groups in total. The Balaban J connectivity index is 1.79. The quantitative estimate of drug-likeness (QED) is 0.833. The Morgan fingerprint density at radius 2 is 1.95 bits per heavy atom. The average Bonchev–Trinajstić information content (AvgIpc) is 2.49. The van der Waals surface area contributed by atoms with Crippen LogP contribution < -0.4 is 5.32 Å². The molecule has 1 aliphatic carbocycles. The normalized spacial score (nSPS) is 24.0. The first-order chi connectivity index (χ1) is 10.1. The van der Waals surface area contributed by atoms with Gasteiger partial charge in [-0.2, -0.15) is 0 Å². The summed E-state index contributed by atoms with van der Waals surface area (Å²) < 4.78 is 26.7. The van der Waals surface area contributed by atoms with Crippen molar-refractivity contribution in [2.45, 2.75) is 57.6 Å². The minimum atomic E-state index is -1.01. The third kappa shape index (κ3) is 4.75. The monoisotopic (exact) mass is 297 g/mol. The van der Waals surface area contributed by atoms with Crippen LogP contribution in [0.3, 0.4) is 0 Å². The van der Waals surface area contributed by atoms with E-state index in [1.54, 1.807) is 0 Å². The van der Waals surface area contributed by atoms with E-state index in [9.17, 15) is 13.9 Å². The zero-order valence-electron chi connectivity index (χ0n) is 12.6. The van der Waals surface area contributed by atoms with Crippen molar-refractivity contribution in [3.05, 3.63) is 35.4 Å². The predicted molar refractivity (Wildman–Crippen MR) is 80.0 cm³/mol. The van der Waals surface area contributed by atoms with E-state index in [0.29, 0.717) is 6.04 Å². The standard InChI is InChI=1S/C17H25F2NO/c1-2-3-12-4-7-14(8-5-12)20-11-17(21)15-10-13(18)6-9-16(15)19/h6,9-10,12,14,17,20-21H,2-5,7-8,11H2,1H3. The van der Waals surface area contributed by atoms with Crippen LogP contribution in [0.1, 0.15) is 57.1 Å². The van der Waals surface area contributed by atoms with E-state index in [-0.39, 0.29) is 12.1 Å². The zero-order valence-corrected chi connectivity index (χ0v) is 12.6. The number of benzene rings is 1. The van der Waals surface area contributed by atoms with Crippen LogP contribution in [0, 0.1) is 17.6 Å². The van der Waals surface area contributed by atoms with Crippen molar-refractivity contribution < 1.29 is 13.9 Å². The summed E-state index contributed by atoms with van der Waals surface area (Å²) in [6.45, 7) is 2.48. The topological polar surface area (TPSA) is 32.3 Å². The fraction of sp³-hybridized carbons (Fsp3) is 0.647. The molecule has 0 aromatic heterocycles. The minimum Gasteiger partial charge on any atom is -0.387 e. The van der Waals surface area contributed by atoms with Crippen LogP contribution in [0.4, 0.5) is 8.78 Å². The van der Waals surface area contributed by atoms with Crippen molar-refractivity contribution in [3.8, 4) is 0 Å². The van der Waals surface area contributed by atoms with E-state index in [4.69, 9.17) is 0 Å². The first-order valence-electron chi connectivity index (χ1n) is 7.96. The van der Waals surface area contributed by atoms with Crippen LogP contribution in [0.15, 0.2) is 18.2 Å². The summed E-state index contributed by atoms with van der Waals surface area (Å²) in [5, 5.41) is 13.3. The summed E-state index contributed by atoms with van der Waals surface area (Å²) in [6, 6.07) is 3.57. The van der Waals surface area contributed by atoms with Gasteiger partial charge in [0.25, 0.3) is 0 Å². The van der Waals surface area contributed by atoms with Gasteiger partial charge in [0, 0.05) is 18.2 Å². The molecule has 0 bridgehead atoms. The van der Waals surface area contributed by atoms with Crippen LogP contribution in [-0.4, -0.2) is 17.7 Å². The van der Waals surface area contributed by atoms with E-state index < -0.39 is 17.7 Å². The largest absolute Gasteiger partial charge is 0.387 e. The Bertz CT molecular complexity index is 444. The molecule has 1 unspecified atom stereocenters. The van der Waals surface area contributed by atoms with Crippen LogP contribution in [-0.2, 0) is 0 Å². The van der Waals surface area contributed by atoms with Crippen molar-refractivity contribution in [1.82, 2.24) is 5.32 Å². The smallest absolute Gasteiger partial charge is 0.129 e.